The van der Waals surface area contributed by atoms with E-state index in [1.54, 1.807) is 0 Å². The lowest BCUT2D eigenvalue weighted by Gasteiger charge is -2.16. The summed E-state index contributed by atoms with van der Waals surface area (Å²) in [6, 6.07) is 16.5. The van der Waals surface area contributed by atoms with E-state index >= 15 is 0 Å². The number of benzene rings is 2. The molecule has 146 valence electrons. The molecule has 1 unspecified atom stereocenters. The maximum absolute atomic E-state index is 12.5. The van der Waals surface area contributed by atoms with Crippen LogP contribution in [-0.4, -0.2) is 39.0 Å². The number of hydrogen-bond donors (Lipinski definition) is 1. The van der Waals surface area contributed by atoms with Crippen molar-refractivity contribution in [1.82, 2.24) is 20.0 Å². The van der Waals surface area contributed by atoms with Crippen LogP contribution in [0.2, 0.25) is 0 Å². The van der Waals surface area contributed by atoms with E-state index in [-0.39, 0.29) is 11.8 Å². The zero-order chi connectivity index (χ0) is 19.8. The first-order valence-corrected chi connectivity index (χ1v) is 9.90. The number of carbonyl (C=O) groups excluding carboxylic acids is 1. The summed E-state index contributed by atoms with van der Waals surface area (Å²) in [5.74, 6) is 1.23. The highest BCUT2D eigenvalue weighted by molar-refractivity contribution is 5.83. The van der Waals surface area contributed by atoms with Crippen molar-refractivity contribution in [3.8, 4) is 11.5 Å². The van der Waals surface area contributed by atoms with Gasteiger partial charge in [0.05, 0.1) is 0 Å². The first-order chi connectivity index (χ1) is 14.2. The molecule has 0 spiro atoms. The summed E-state index contributed by atoms with van der Waals surface area (Å²) in [5.41, 5.74) is 4.39. The van der Waals surface area contributed by atoms with Crippen molar-refractivity contribution in [2.45, 2.75) is 25.7 Å². The number of aromatic amines is 1. The first-order valence-electron chi connectivity index (χ1n) is 9.90. The predicted molar refractivity (Wildman–Crippen MR) is 110 cm³/mol. The van der Waals surface area contributed by atoms with E-state index in [2.05, 4.69) is 46.3 Å². The fourth-order valence-electron chi connectivity index (χ4n) is 3.88. The van der Waals surface area contributed by atoms with E-state index in [1.165, 1.54) is 11.1 Å². The monoisotopic (exact) mass is 386 g/mol. The molecule has 0 radical (unpaired) electrons. The van der Waals surface area contributed by atoms with E-state index in [9.17, 15) is 4.79 Å². The van der Waals surface area contributed by atoms with Gasteiger partial charge in [0.25, 0.3) is 5.89 Å². The van der Waals surface area contributed by atoms with Gasteiger partial charge in [-0.25, -0.2) is 0 Å². The minimum atomic E-state index is -0.0211. The second-order valence-electron chi connectivity index (χ2n) is 7.71. The number of rotatable bonds is 5. The molecule has 1 saturated heterocycles. The van der Waals surface area contributed by atoms with Crippen LogP contribution in [0.15, 0.2) is 59.3 Å². The maximum Gasteiger partial charge on any atom is 0.258 e. The normalized spacial score (nSPS) is 16.8. The molecule has 4 aromatic rings. The number of nitrogens with one attached hydrogen (secondary N) is 1. The zero-order valence-corrected chi connectivity index (χ0v) is 16.3. The van der Waals surface area contributed by atoms with Crippen LogP contribution in [0.5, 0.6) is 0 Å². The summed E-state index contributed by atoms with van der Waals surface area (Å²) < 4.78 is 5.49. The van der Waals surface area contributed by atoms with E-state index in [4.69, 9.17) is 4.52 Å². The standard InChI is InChI=1S/C23H22N4O2/c1-15-2-4-16(5-3-15)9-11-27-14-19(13-21(27)28)22-25-23(29-26-22)18-7-6-17-8-10-24-20(17)12-18/h2-8,10,12,19,24H,9,11,13-14H2,1H3. The molecule has 6 nitrogen and oxygen atoms in total. The molecular weight excluding hydrogens is 364 g/mol. The largest absolute Gasteiger partial charge is 0.361 e. The molecule has 1 aliphatic heterocycles. The number of nitrogens with zero attached hydrogens (tertiary/aromatic N) is 3. The summed E-state index contributed by atoms with van der Waals surface area (Å²) in [5, 5.41) is 5.30. The van der Waals surface area contributed by atoms with Crippen LogP contribution < -0.4 is 0 Å². The molecule has 29 heavy (non-hydrogen) atoms. The summed E-state index contributed by atoms with van der Waals surface area (Å²) >= 11 is 0. The van der Waals surface area contributed by atoms with Gasteiger partial charge >= 0.3 is 0 Å². The van der Waals surface area contributed by atoms with Gasteiger partial charge in [-0.3, -0.25) is 4.79 Å². The second kappa shape index (κ2) is 7.20. The number of amides is 1. The van der Waals surface area contributed by atoms with E-state index in [0.29, 0.717) is 31.2 Å². The van der Waals surface area contributed by atoms with Crippen molar-refractivity contribution in [3.63, 3.8) is 0 Å². The van der Waals surface area contributed by atoms with Crippen LogP contribution in [0.1, 0.15) is 29.3 Å². The van der Waals surface area contributed by atoms with Gasteiger partial charge in [0.15, 0.2) is 5.82 Å². The Kier molecular flexibility index (Phi) is 4.39. The highest BCUT2D eigenvalue weighted by atomic mass is 16.5. The average molecular weight is 386 g/mol. The quantitative estimate of drug-likeness (QED) is 0.561. The van der Waals surface area contributed by atoms with Gasteiger partial charge in [0, 0.05) is 42.7 Å². The number of fused-ring (bicyclic) bond motifs is 1. The third-order valence-electron chi connectivity index (χ3n) is 5.61. The van der Waals surface area contributed by atoms with Gasteiger partial charge in [-0.05, 0) is 42.5 Å². The summed E-state index contributed by atoms with van der Waals surface area (Å²) in [4.78, 5) is 22.1. The van der Waals surface area contributed by atoms with E-state index in [0.717, 1.165) is 22.9 Å². The molecule has 2 aromatic heterocycles. The molecular formula is C23H22N4O2. The molecule has 1 amide bonds. The number of H-pyrrole nitrogens is 1. The molecule has 0 bridgehead atoms. The van der Waals surface area contributed by atoms with Gasteiger partial charge in [0.1, 0.15) is 0 Å². The highest BCUT2D eigenvalue weighted by Gasteiger charge is 2.33. The first kappa shape index (κ1) is 17.7. The maximum atomic E-state index is 12.5. The summed E-state index contributed by atoms with van der Waals surface area (Å²) in [7, 11) is 0. The molecule has 2 aromatic carbocycles. The van der Waals surface area contributed by atoms with Crippen LogP contribution in [0.4, 0.5) is 0 Å². The molecule has 1 fully saturated rings. The lowest BCUT2D eigenvalue weighted by molar-refractivity contribution is -0.127. The van der Waals surface area contributed by atoms with Crippen LogP contribution in [0, 0.1) is 6.92 Å². The van der Waals surface area contributed by atoms with Crippen LogP contribution in [0.3, 0.4) is 0 Å². The molecule has 0 aliphatic carbocycles. The molecule has 1 N–H and O–H groups in total. The van der Waals surface area contributed by atoms with Gasteiger partial charge in [-0.15, -0.1) is 0 Å². The minimum Gasteiger partial charge on any atom is -0.361 e. The van der Waals surface area contributed by atoms with Crippen molar-refractivity contribution < 1.29 is 9.32 Å². The van der Waals surface area contributed by atoms with Gasteiger partial charge in [-0.2, -0.15) is 4.98 Å². The molecule has 1 aliphatic rings. The average Bonchev–Trinajstić information content (AvgIpc) is 3.46. The molecule has 6 heteroatoms. The molecule has 0 saturated carbocycles. The lowest BCUT2D eigenvalue weighted by atomic mass is 10.1. The third-order valence-corrected chi connectivity index (χ3v) is 5.61. The van der Waals surface area contributed by atoms with Crippen molar-refractivity contribution in [1.29, 1.82) is 0 Å². The van der Waals surface area contributed by atoms with Gasteiger partial charge in [0.2, 0.25) is 5.91 Å². The lowest BCUT2D eigenvalue weighted by Crippen LogP contribution is -2.27. The smallest absolute Gasteiger partial charge is 0.258 e. The fraction of sp³-hybridized carbons (Fsp3) is 0.261. The van der Waals surface area contributed by atoms with Gasteiger partial charge in [-0.1, -0.05) is 41.1 Å². The molecule has 5 rings (SSSR count). The zero-order valence-electron chi connectivity index (χ0n) is 16.3. The number of aromatic nitrogens is 3. The second-order valence-corrected chi connectivity index (χ2v) is 7.71. The number of carbonyl (C=O) groups is 1. The van der Waals surface area contributed by atoms with Crippen LogP contribution in [-0.2, 0) is 11.2 Å². The Balaban J connectivity index is 1.27. The van der Waals surface area contributed by atoms with Crippen molar-refractivity contribution in [2.24, 2.45) is 0 Å². The van der Waals surface area contributed by atoms with Crippen LogP contribution >= 0.6 is 0 Å². The number of likely N-dealkylation sites (tertiary alicyclic amines) is 1. The fourth-order valence-corrected chi connectivity index (χ4v) is 3.88. The van der Waals surface area contributed by atoms with E-state index < -0.39 is 0 Å². The molecule has 1 atom stereocenters. The Morgan fingerprint density at radius 1 is 1.17 bits per heavy atom. The van der Waals surface area contributed by atoms with E-state index in [1.807, 2.05) is 35.4 Å². The Bertz CT molecular complexity index is 1160. The Hall–Kier alpha value is -3.41. The predicted octanol–water partition coefficient (Wildman–Crippen LogP) is 4.08. The Morgan fingerprint density at radius 3 is 2.90 bits per heavy atom. The number of hydrogen-bond acceptors (Lipinski definition) is 4. The summed E-state index contributed by atoms with van der Waals surface area (Å²) in [6.07, 6.45) is 3.19. The molecule has 3 heterocycles. The van der Waals surface area contributed by atoms with Crippen molar-refractivity contribution in [2.75, 3.05) is 13.1 Å². The van der Waals surface area contributed by atoms with Crippen molar-refractivity contribution in [3.05, 3.63) is 71.7 Å². The third kappa shape index (κ3) is 3.53. The highest BCUT2D eigenvalue weighted by Crippen LogP contribution is 2.29. The Labute approximate surface area is 168 Å². The number of aryl methyl sites for hydroxylation is 1. The van der Waals surface area contributed by atoms with Crippen LogP contribution in [0.25, 0.3) is 22.4 Å². The van der Waals surface area contributed by atoms with Gasteiger partial charge < -0.3 is 14.4 Å². The topological polar surface area (TPSA) is 75.0 Å². The minimum absolute atomic E-state index is 0.0211. The summed E-state index contributed by atoms with van der Waals surface area (Å²) in [6.45, 7) is 3.43. The SMILES string of the molecule is Cc1ccc(CCN2CC(c3noc(-c4ccc5cc[nH]c5c4)n3)CC2=O)cc1. The Morgan fingerprint density at radius 2 is 2.03 bits per heavy atom. The van der Waals surface area contributed by atoms with Crippen molar-refractivity contribution >= 4 is 16.8 Å².